The van der Waals surface area contributed by atoms with E-state index in [9.17, 15) is 4.79 Å². The number of unbranched alkanes of at least 4 members (excludes halogenated alkanes) is 3. The number of hydrogen-bond donors (Lipinski definition) is 0. The average molecular weight is 294 g/mol. The Morgan fingerprint density at radius 3 is 2.45 bits per heavy atom. The molecule has 0 aromatic heterocycles. The second-order valence-corrected chi connectivity index (χ2v) is 6.24. The number of ether oxygens (including phenoxy) is 1. The number of thioether (sulfide) groups is 1. The predicted molar refractivity (Wildman–Crippen MR) is 87.5 cm³/mol. The van der Waals surface area contributed by atoms with Crippen molar-refractivity contribution in [1.29, 1.82) is 0 Å². The highest BCUT2D eigenvalue weighted by molar-refractivity contribution is 7.99. The topological polar surface area (TPSA) is 26.3 Å². The van der Waals surface area contributed by atoms with Crippen molar-refractivity contribution in [3.8, 4) is 0 Å². The maximum absolute atomic E-state index is 11.4. The van der Waals surface area contributed by atoms with E-state index in [0.717, 1.165) is 6.42 Å². The molecule has 0 aliphatic heterocycles. The molecular weight excluding hydrogens is 268 g/mol. The first-order valence-corrected chi connectivity index (χ1v) is 8.70. The molecule has 1 rings (SSSR count). The lowest BCUT2D eigenvalue weighted by Crippen LogP contribution is -2.07. The van der Waals surface area contributed by atoms with Crippen molar-refractivity contribution >= 4 is 17.7 Å². The van der Waals surface area contributed by atoms with Crippen LogP contribution in [-0.4, -0.2) is 24.6 Å². The van der Waals surface area contributed by atoms with Crippen LogP contribution in [0.15, 0.2) is 24.3 Å². The highest BCUT2D eigenvalue weighted by Crippen LogP contribution is 2.20. The molecular formula is C17H26O2S. The maximum Gasteiger partial charge on any atom is 0.337 e. The number of rotatable bonds is 9. The normalized spacial score (nSPS) is 12.2. The Hall–Kier alpha value is -0.960. The smallest absolute Gasteiger partial charge is 0.337 e. The first-order chi connectivity index (χ1) is 9.71. The van der Waals surface area contributed by atoms with Gasteiger partial charge in [0, 0.05) is 5.25 Å². The second-order valence-electron chi connectivity index (χ2n) is 5.10. The largest absolute Gasteiger partial charge is 0.465 e. The fraction of sp³-hybridized carbons (Fsp3) is 0.588. The molecule has 2 nitrogen and oxygen atoms in total. The van der Waals surface area contributed by atoms with E-state index in [1.165, 1.54) is 44.8 Å². The van der Waals surface area contributed by atoms with Crippen LogP contribution < -0.4 is 0 Å². The fourth-order valence-electron chi connectivity index (χ4n) is 2.26. The zero-order valence-electron chi connectivity index (χ0n) is 12.9. The number of esters is 1. The Labute approximate surface area is 127 Å². The van der Waals surface area contributed by atoms with Crippen molar-refractivity contribution in [2.45, 2.75) is 50.7 Å². The lowest BCUT2D eigenvalue weighted by atomic mass is 10.0. The average Bonchev–Trinajstić information content (AvgIpc) is 2.50. The molecule has 0 heterocycles. The summed E-state index contributed by atoms with van der Waals surface area (Å²) in [6, 6.07) is 7.80. The van der Waals surface area contributed by atoms with Gasteiger partial charge >= 0.3 is 5.97 Å². The lowest BCUT2D eigenvalue weighted by molar-refractivity contribution is 0.0600. The van der Waals surface area contributed by atoms with Crippen LogP contribution in [0.1, 0.15) is 54.9 Å². The minimum atomic E-state index is -0.266. The molecule has 0 aliphatic rings. The van der Waals surface area contributed by atoms with Gasteiger partial charge in [-0.05, 0) is 36.8 Å². The van der Waals surface area contributed by atoms with Gasteiger partial charge in [0.15, 0.2) is 0 Å². The van der Waals surface area contributed by atoms with E-state index in [0.29, 0.717) is 10.8 Å². The Morgan fingerprint density at radius 2 is 1.90 bits per heavy atom. The Balaban J connectivity index is 2.46. The van der Waals surface area contributed by atoms with Gasteiger partial charge < -0.3 is 4.74 Å². The molecule has 0 aliphatic carbocycles. The third-order valence-electron chi connectivity index (χ3n) is 3.55. The van der Waals surface area contributed by atoms with Crippen LogP contribution in [0.3, 0.4) is 0 Å². The minimum Gasteiger partial charge on any atom is -0.465 e. The molecule has 1 unspecified atom stereocenters. The van der Waals surface area contributed by atoms with E-state index < -0.39 is 0 Å². The van der Waals surface area contributed by atoms with Gasteiger partial charge in [-0.25, -0.2) is 4.79 Å². The quantitative estimate of drug-likeness (QED) is 0.487. The summed E-state index contributed by atoms with van der Waals surface area (Å²) in [6.07, 6.45) is 9.84. The highest BCUT2D eigenvalue weighted by Gasteiger charge is 2.09. The van der Waals surface area contributed by atoms with Gasteiger partial charge in [0.2, 0.25) is 0 Å². The summed E-state index contributed by atoms with van der Waals surface area (Å²) in [5, 5.41) is 0.677. The van der Waals surface area contributed by atoms with E-state index in [4.69, 9.17) is 4.74 Å². The zero-order chi connectivity index (χ0) is 14.8. The summed E-state index contributed by atoms with van der Waals surface area (Å²) in [5.41, 5.74) is 1.92. The molecule has 0 amide bonds. The first kappa shape index (κ1) is 17.1. The Kier molecular flexibility index (Phi) is 8.43. The summed E-state index contributed by atoms with van der Waals surface area (Å²) in [4.78, 5) is 11.4. The highest BCUT2D eigenvalue weighted by atomic mass is 32.2. The van der Waals surface area contributed by atoms with E-state index in [1.807, 2.05) is 36.0 Å². The van der Waals surface area contributed by atoms with Crippen LogP contribution in [0, 0.1) is 0 Å². The van der Waals surface area contributed by atoms with E-state index in [2.05, 4.69) is 13.2 Å². The van der Waals surface area contributed by atoms with Crippen LogP contribution in [0.2, 0.25) is 0 Å². The molecule has 0 spiro atoms. The molecule has 1 atom stereocenters. The monoisotopic (exact) mass is 294 g/mol. The third-order valence-corrected chi connectivity index (χ3v) is 4.62. The number of hydrogen-bond acceptors (Lipinski definition) is 3. The number of carbonyl (C=O) groups excluding carboxylic acids is 1. The summed E-state index contributed by atoms with van der Waals surface area (Å²) in [5.74, 6) is -0.266. The van der Waals surface area contributed by atoms with Crippen molar-refractivity contribution in [1.82, 2.24) is 0 Å². The standard InChI is InChI=1S/C17H26O2S/c1-4-5-6-7-8-16(20-3)13-14-9-11-15(12-10-14)17(18)19-2/h9-12,16H,4-8,13H2,1-3H3. The van der Waals surface area contributed by atoms with Crippen LogP contribution in [-0.2, 0) is 11.2 Å². The second kappa shape index (κ2) is 9.87. The summed E-state index contributed by atoms with van der Waals surface area (Å²) in [6.45, 7) is 2.24. The van der Waals surface area contributed by atoms with Crippen molar-refractivity contribution < 1.29 is 9.53 Å². The number of benzene rings is 1. The van der Waals surface area contributed by atoms with Crippen molar-refractivity contribution in [3.05, 3.63) is 35.4 Å². The van der Waals surface area contributed by atoms with Gasteiger partial charge in [0.1, 0.15) is 0 Å². The van der Waals surface area contributed by atoms with Gasteiger partial charge in [-0.2, -0.15) is 11.8 Å². The van der Waals surface area contributed by atoms with Crippen molar-refractivity contribution in [2.75, 3.05) is 13.4 Å². The van der Waals surface area contributed by atoms with Gasteiger partial charge in [0.25, 0.3) is 0 Å². The molecule has 0 saturated carbocycles. The first-order valence-electron chi connectivity index (χ1n) is 7.41. The van der Waals surface area contributed by atoms with Gasteiger partial charge in [-0.1, -0.05) is 44.7 Å². The molecule has 1 aromatic carbocycles. The fourth-order valence-corrected chi connectivity index (χ4v) is 3.02. The summed E-state index contributed by atoms with van der Waals surface area (Å²) >= 11 is 1.95. The SMILES string of the molecule is CCCCCCC(Cc1ccc(C(=O)OC)cc1)SC. The summed E-state index contributed by atoms with van der Waals surface area (Å²) in [7, 11) is 1.41. The van der Waals surface area contributed by atoms with Gasteiger partial charge in [-0.3, -0.25) is 0 Å². The Morgan fingerprint density at radius 1 is 1.20 bits per heavy atom. The van der Waals surface area contributed by atoms with E-state index in [1.54, 1.807) is 0 Å². The van der Waals surface area contributed by atoms with Gasteiger partial charge in [0.05, 0.1) is 12.7 Å². The molecule has 0 radical (unpaired) electrons. The molecule has 0 saturated heterocycles. The molecule has 0 bridgehead atoms. The van der Waals surface area contributed by atoms with Crippen molar-refractivity contribution in [2.24, 2.45) is 0 Å². The van der Waals surface area contributed by atoms with E-state index >= 15 is 0 Å². The maximum atomic E-state index is 11.4. The third kappa shape index (κ3) is 6.00. The van der Waals surface area contributed by atoms with E-state index in [-0.39, 0.29) is 5.97 Å². The lowest BCUT2D eigenvalue weighted by Gasteiger charge is -2.14. The molecule has 0 N–H and O–H groups in total. The Bertz CT molecular complexity index is 386. The predicted octanol–water partition coefficient (Wildman–Crippen LogP) is 4.72. The molecule has 20 heavy (non-hydrogen) atoms. The van der Waals surface area contributed by atoms with Crippen molar-refractivity contribution in [3.63, 3.8) is 0 Å². The number of methoxy groups -OCH3 is 1. The summed E-state index contributed by atoms with van der Waals surface area (Å²) < 4.78 is 4.71. The van der Waals surface area contributed by atoms with Crippen LogP contribution in [0.5, 0.6) is 0 Å². The molecule has 3 heteroatoms. The van der Waals surface area contributed by atoms with Gasteiger partial charge in [-0.15, -0.1) is 0 Å². The van der Waals surface area contributed by atoms with Crippen LogP contribution in [0.25, 0.3) is 0 Å². The molecule has 1 aromatic rings. The molecule has 112 valence electrons. The molecule has 0 fully saturated rings. The van der Waals surface area contributed by atoms with Crippen LogP contribution >= 0.6 is 11.8 Å². The minimum absolute atomic E-state index is 0.266. The zero-order valence-corrected chi connectivity index (χ0v) is 13.7. The van der Waals surface area contributed by atoms with Crippen LogP contribution in [0.4, 0.5) is 0 Å². The number of carbonyl (C=O) groups is 1.